The highest BCUT2D eigenvalue weighted by atomic mass is 16.5. The summed E-state index contributed by atoms with van der Waals surface area (Å²) in [4.78, 5) is 24.0. The molecule has 0 heterocycles. The summed E-state index contributed by atoms with van der Waals surface area (Å²) in [7, 11) is 4.67. The molecule has 0 fully saturated rings. The zero-order valence-electron chi connectivity index (χ0n) is 16.6. The Hall–Kier alpha value is -3.28. The summed E-state index contributed by atoms with van der Waals surface area (Å²) in [6, 6.07) is 10.8. The first kappa shape index (κ1) is 21.0. The normalized spacial score (nSPS) is 10.6. The molecular formula is C22H25NO5. The average molecular weight is 383 g/mol. The van der Waals surface area contributed by atoms with E-state index >= 15 is 0 Å². The van der Waals surface area contributed by atoms with Crippen LogP contribution in [0.5, 0.6) is 17.2 Å². The highest BCUT2D eigenvalue weighted by molar-refractivity contribution is 6.08. The van der Waals surface area contributed by atoms with Gasteiger partial charge in [-0.15, -0.1) is 0 Å². The molecule has 1 amide bonds. The van der Waals surface area contributed by atoms with Gasteiger partial charge in [-0.05, 0) is 47.9 Å². The maximum absolute atomic E-state index is 12.8. The van der Waals surface area contributed by atoms with Crippen molar-refractivity contribution in [2.24, 2.45) is 0 Å². The molecule has 0 aliphatic rings. The van der Waals surface area contributed by atoms with E-state index in [-0.39, 0.29) is 11.7 Å². The predicted octanol–water partition coefficient (Wildman–Crippen LogP) is 3.29. The molecule has 2 rings (SSSR count). The second-order valence-corrected chi connectivity index (χ2v) is 6.07. The fraction of sp³-hybridized carbons (Fsp3) is 0.273. The third-order valence-corrected chi connectivity index (χ3v) is 4.19. The minimum atomic E-state index is -0.158. The van der Waals surface area contributed by atoms with Crippen molar-refractivity contribution in [3.8, 4) is 17.2 Å². The summed E-state index contributed by atoms with van der Waals surface area (Å²) in [6.07, 6.45) is 3.76. The van der Waals surface area contributed by atoms with Gasteiger partial charge in [0.05, 0.1) is 21.3 Å². The van der Waals surface area contributed by atoms with Gasteiger partial charge in [-0.25, -0.2) is 0 Å². The van der Waals surface area contributed by atoms with Crippen LogP contribution in [-0.2, 0) is 11.2 Å². The van der Waals surface area contributed by atoms with Crippen molar-refractivity contribution in [3.63, 3.8) is 0 Å². The molecule has 2 aromatic carbocycles. The molecule has 0 aromatic heterocycles. The van der Waals surface area contributed by atoms with Crippen LogP contribution < -0.4 is 19.5 Å². The molecule has 1 N–H and O–H groups in total. The van der Waals surface area contributed by atoms with Gasteiger partial charge in [-0.3, -0.25) is 9.59 Å². The third kappa shape index (κ3) is 5.61. The largest absolute Gasteiger partial charge is 0.497 e. The number of carbonyl (C=O) groups is 2. The van der Waals surface area contributed by atoms with Crippen LogP contribution in [0.2, 0.25) is 0 Å². The van der Waals surface area contributed by atoms with Crippen LogP contribution in [0.15, 0.2) is 42.5 Å². The average Bonchev–Trinajstić information content (AvgIpc) is 2.71. The van der Waals surface area contributed by atoms with Crippen molar-refractivity contribution in [3.05, 3.63) is 59.2 Å². The topological polar surface area (TPSA) is 73.9 Å². The third-order valence-electron chi connectivity index (χ3n) is 4.19. The summed E-state index contributed by atoms with van der Waals surface area (Å²) < 4.78 is 15.8. The molecule has 6 heteroatoms. The van der Waals surface area contributed by atoms with Crippen LogP contribution in [0, 0.1) is 0 Å². The van der Waals surface area contributed by atoms with Crippen molar-refractivity contribution >= 4 is 17.8 Å². The van der Waals surface area contributed by atoms with Gasteiger partial charge in [-0.1, -0.05) is 18.2 Å². The molecule has 6 nitrogen and oxygen atoms in total. The van der Waals surface area contributed by atoms with Crippen molar-refractivity contribution < 1.29 is 23.8 Å². The predicted molar refractivity (Wildman–Crippen MR) is 108 cm³/mol. The molecule has 0 radical (unpaired) electrons. The van der Waals surface area contributed by atoms with Gasteiger partial charge in [0, 0.05) is 19.0 Å². The molecule has 0 saturated heterocycles. The first-order chi connectivity index (χ1) is 13.5. The Labute approximate surface area is 165 Å². The van der Waals surface area contributed by atoms with E-state index in [0.29, 0.717) is 30.0 Å². The Kier molecular flexibility index (Phi) is 7.63. The number of hydrogen-bond acceptors (Lipinski definition) is 5. The lowest BCUT2D eigenvalue weighted by molar-refractivity contribution is -0.118. The van der Waals surface area contributed by atoms with E-state index in [0.717, 1.165) is 16.9 Å². The number of carbonyl (C=O) groups excluding carboxylic acids is 2. The highest BCUT2D eigenvalue weighted by Crippen LogP contribution is 2.31. The Morgan fingerprint density at radius 3 is 2.18 bits per heavy atom. The van der Waals surface area contributed by atoms with Crippen LogP contribution in [0.4, 0.5) is 0 Å². The summed E-state index contributed by atoms with van der Waals surface area (Å²) in [5.74, 6) is 1.49. The Balaban J connectivity index is 2.29. The minimum absolute atomic E-state index is 0.118. The number of hydrogen-bond donors (Lipinski definition) is 1. The summed E-state index contributed by atoms with van der Waals surface area (Å²) in [5, 5.41) is 2.74. The molecule has 0 aliphatic heterocycles. The number of allylic oxidation sites excluding steroid dienone is 1. The van der Waals surface area contributed by atoms with E-state index < -0.39 is 0 Å². The van der Waals surface area contributed by atoms with Gasteiger partial charge in [-0.2, -0.15) is 0 Å². The molecule has 0 spiro atoms. The molecule has 28 heavy (non-hydrogen) atoms. The van der Waals surface area contributed by atoms with Gasteiger partial charge in [0.15, 0.2) is 17.3 Å². The van der Waals surface area contributed by atoms with Crippen molar-refractivity contribution in [2.45, 2.75) is 13.3 Å². The molecular weight excluding hydrogens is 358 g/mol. The number of nitrogens with one attached hydrogen (secondary N) is 1. The molecule has 148 valence electrons. The van der Waals surface area contributed by atoms with Gasteiger partial charge < -0.3 is 19.5 Å². The van der Waals surface area contributed by atoms with Gasteiger partial charge in [0.2, 0.25) is 5.91 Å². The van der Waals surface area contributed by atoms with Gasteiger partial charge in [0.25, 0.3) is 0 Å². The number of amides is 1. The van der Waals surface area contributed by atoms with Crippen LogP contribution in [0.25, 0.3) is 6.08 Å². The maximum Gasteiger partial charge on any atom is 0.216 e. The number of ketones is 1. The van der Waals surface area contributed by atoms with Crippen LogP contribution >= 0.6 is 0 Å². The fourth-order valence-electron chi connectivity index (χ4n) is 2.71. The van der Waals surface area contributed by atoms with Crippen LogP contribution in [0.3, 0.4) is 0 Å². The number of methoxy groups -OCH3 is 3. The van der Waals surface area contributed by atoms with E-state index in [1.807, 2.05) is 24.3 Å². The van der Waals surface area contributed by atoms with Crippen molar-refractivity contribution in [1.82, 2.24) is 5.32 Å². The smallest absolute Gasteiger partial charge is 0.216 e. The van der Waals surface area contributed by atoms with Crippen LogP contribution in [-0.4, -0.2) is 39.6 Å². The van der Waals surface area contributed by atoms with E-state index in [9.17, 15) is 9.59 Å². The number of benzene rings is 2. The van der Waals surface area contributed by atoms with E-state index in [4.69, 9.17) is 14.2 Å². The second kappa shape index (κ2) is 10.2. The monoisotopic (exact) mass is 383 g/mol. The van der Waals surface area contributed by atoms with Gasteiger partial charge in [0.1, 0.15) is 5.75 Å². The minimum Gasteiger partial charge on any atom is -0.497 e. The second-order valence-electron chi connectivity index (χ2n) is 6.07. The first-order valence-electron chi connectivity index (χ1n) is 8.84. The lowest BCUT2D eigenvalue weighted by atomic mass is 9.99. The highest BCUT2D eigenvalue weighted by Gasteiger charge is 2.15. The maximum atomic E-state index is 12.8. The Bertz CT molecular complexity index is 856. The zero-order chi connectivity index (χ0) is 20.5. The fourth-order valence-corrected chi connectivity index (χ4v) is 2.71. The van der Waals surface area contributed by atoms with Gasteiger partial charge >= 0.3 is 0 Å². The summed E-state index contributed by atoms with van der Waals surface area (Å²) in [5.41, 5.74) is 2.16. The lowest BCUT2D eigenvalue weighted by Crippen LogP contribution is -2.23. The van der Waals surface area contributed by atoms with E-state index in [1.54, 1.807) is 32.4 Å². The van der Waals surface area contributed by atoms with Crippen molar-refractivity contribution in [2.75, 3.05) is 27.9 Å². The van der Waals surface area contributed by atoms with E-state index in [1.165, 1.54) is 20.1 Å². The van der Waals surface area contributed by atoms with E-state index in [2.05, 4.69) is 5.32 Å². The Morgan fingerprint density at radius 1 is 0.964 bits per heavy atom. The summed E-state index contributed by atoms with van der Waals surface area (Å²) in [6.45, 7) is 1.88. The quantitative estimate of drug-likeness (QED) is 0.531. The first-order valence-corrected chi connectivity index (χ1v) is 8.84. The molecule has 0 saturated carbocycles. The molecule has 2 aromatic rings. The Morgan fingerprint density at radius 2 is 1.61 bits per heavy atom. The summed E-state index contributed by atoms with van der Waals surface area (Å²) >= 11 is 0. The SMILES string of the molecule is COc1ccc(C=CC(=O)c2cc(OC)c(OC)cc2CCNC(C)=O)cc1. The molecule has 0 aliphatic carbocycles. The number of rotatable bonds is 9. The lowest BCUT2D eigenvalue weighted by Gasteiger charge is -2.14. The molecule has 0 atom stereocenters. The number of ether oxygens (including phenoxy) is 3. The molecule has 0 bridgehead atoms. The standard InChI is InChI=1S/C22H25NO5/c1-15(24)23-12-11-17-13-21(27-3)22(28-4)14-19(17)20(25)10-7-16-5-8-18(26-2)9-6-16/h5-10,13-14H,11-12H2,1-4H3,(H,23,24). The molecule has 0 unspecified atom stereocenters. The van der Waals surface area contributed by atoms with Crippen molar-refractivity contribution in [1.29, 1.82) is 0 Å². The van der Waals surface area contributed by atoms with Crippen LogP contribution in [0.1, 0.15) is 28.4 Å². The zero-order valence-corrected chi connectivity index (χ0v) is 16.6.